The molecule has 1 fully saturated rings. The Morgan fingerprint density at radius 3 is 3.00 bits per heavy atom. The summed E-state index contributed by atoms with van der Waals surface area (Å²) in [6.07, 6.45) is 7.12. The number of nitrogens with zero attached hydrogens (tertiary/aromatic N) is 1. The minimum atomic E-state index is 0.690. The second-order valence-electron chi connectivity index (χ2n) is 4.18. The molecule has 2 nitrogen and oxygen atoms in total. The van der Waals surface area contributed by atoms with Gasteiger partial charge in [-0.2, -0.15) is 5.26 Å². The van der Waals surface area contributed by atoms with E-state index in [9.17, 15) is 0 Å². The molecule has 13 heavy (non-hydrogen) atoms. The van der Waals surface area contributed by atoms with Gasteiger partial charge in [0.25, 0.3) is 0 Å². The third-order valence-electron chi connectivity index (χ3n) is 2.83. The highest BCUT2D eigenvalue weighted by Crippen LogP contribution is 2.23. The predicted molar refractivity (Wildman–Crippen MR) is 54.3 cm³/mol. The van der Waals surface area contributed by atoms with Gasteiger partial charge in [0.15, 0.2) is 0 Å². The Bertz CT molecular complexity index is 171. The Morgan fingerprint density at radius 2 is 2.31 bits per heavy atom. The summed E-state index contributed by atoms with van der Waals surface area (Å²) in [7, 11) is 0. The van der Waals surface area contributed by atoms with Crippen LogP contribution in [0.15, 0.2) is 0 Å². The van der Waals surface area contributed by atoms with Crippen LogP contribution in [0, 0.1) is 17.2 Å². The molecule has 0 aliphatic heterocycles. The Hall–Kier alpha value is -0.550. The summed E-state index contributed by atoms with van der Waals surface area (Å²) in [6, 6.07) is 2.90. The highest BCUT2D eigenvalue weighted by atomic mass is 14.9. The first kappa shape index (κ1) is 10.5. The summed E-state index contributed by atoms with van der Waals surface area (Å²) in [5.74, 6) is 0.891. The molecule has 0 aromatic rings. The van der Waals surface area contributed by atoms with Gasteiger partial charge in [0.05, 0.1) is 6.07 Å². The van der Waals surface area contributed by atoms with Crippen LogP contribution in [0.4, 0.5) is 0 Å². The smallest absolute Gasteiger partial charge is 0.0622 e. The molecule has 0 amide bonds. The Labute approximate surface area is 81.3 Å². The lowest BCUT2D eigenvalue weighted by Crippen LogP contribution is -2.34. The molecule has 0 spiro atoms. The SMILES string of the molecule is CC1CCCC(NCCCC#N)C1. The van der Waals surface area contributed by atoms with Crippen LogP contribution in [-0.2, 0) is 0 Å². The van der Waals surface area contributed by atoms with Crippen LogP contribution >= 0.6 is 0 Å². The van der Waals surface area contributed by atoms with Gasteiger partial charge in [0.2, 0.25) is 0 Å². The highest BCUT2D eigenvalue weighted by Gasteiger charge is 2.17. The molecular formula is C11H20N2. The van der Waals surface area contributed by atoms with Crippen molar-refractivity contribution in [2.75, 3.05) is 6.54 Å². The van der Waals surface area contributed by atoms with Gasteiger partial charge in [-0.1, -0.05) is 19.8 Å². The second-order valence-corrected chi connectivity index (χ2v) is 4.18. The van der Waals surface area contributed by atoms with Crippen molar-refractivity contribution in [1.29, 1.82) is 5.26 Å². The number of nitrogens with one attached hydrogen (secondary N) is 1. The fourth-order valence-electron chi connectivity index (χ4n) is 2.09. The maximum Gasteiger partial charge on any atom is 0.0622 e. The maximum absolute atomic E-state index is 8.37. The van der Waals surface area contributed by atoms with E-state index in [4.69, 9.17) is 5.26 Å². The molecule has 2 unspecified atom stereocenters. The van der Waals surface area contributed by atoms with Crippen LogP contribution in [0.25, 0.3) is 0 Å². The molecule has 0 saturated heterocycles. The van der Waals surface area contributed by atoms with Gasteiger partial charge in [0, 0.05) is 12.5 Å². The zero-order valence-corrected chi connectivity index (χ0v) is 8.55. The lowest BCUT2D eigenvalue weighted by Gasteiger charge is -2.27. The number of hydrogen-bond donors (Lipinski definition) is 1. The molecule has 0 aromatic heterocycles. The molecule has 1 N–H and O–H groups in total. The van der Waals surface area contributed by atoms with Gasteiger partial charge in [0.1, 0.15) is 0 Å². The minimum Gasteiger partial charge on any atom is -0.314 e. The summed E-state index contributed by atoms with van der Waals surface area (Å²) in [4.78, 5) is 0. The fourth-order valence-corrected chi connectivity index (χ4v) is 2.09. The minimum absolute atomic E-state index is 0.690. The van der Waals surface area contributed by atoms with Crippen LogP contribution in [0.2, 0.25) is 0 Å². The molecule has 1 rings (SSSR count). The summed E-state index contributed by atoms with van der Waals surface area (Å²) in [5, 5.41) is 11.9. The molecule has 2 heteroatoms. The van der Waals surface area contributed by atoms with E-state index in [0.717, 1.165) is 24.9 Å². The molecule has 1 aliphatic carbocycles. The van der Waals surface area contributed by atoms with Crippen molar-refractivity contribution in [3.63, 3.8) is 0 Å². The van der Waals surface area contributed by atoms with Crippen molar-refractivity contribution in [3.8, 4) is 6.07 Å². The van der Waals surface area contributed by atoms with Gasteiger partial charge in [-0.05, 0) is 31.7 Å². The lowest BCUT2D eigenvalue weighted by molar-refractivity contribution is 0.301. The number of nitriles is 1. The van der Waals surface area contributed by atoms with E-state index in [-0.39, 0.29) is 0 Å². The van der Waals surface area contributed by atoms with Crippen molar-refractivity contribution in [2.24, 2.45) is 5.92 Å². The topological polar surface area (TPSA) is 35.8 Å². The van der Waals surface area contributed by atoms with Crippen LogP contribution in [0.1, 0.15) is 45.4 Å². The van der Waals surface area contributed by atoms with Gasteiger partial charge in [-0.25, -0.2) is 0 Å². The van der Waals surface area contributed by atoms with E-state index < -0.39 is 0 Å². The van der Waals surface area contributed by atoms with Crippen molar-refractivity contribution in [3.05, 3.63) is 0 Å². The van der Waals surface area contributed by atoms with E-state index in [1.54, 1.807) is 0 Å². The average Bonchev–Trinajstić information content (AvgIpc) is 2.13. The van der Waals surface area contributed by atoms with E-state index in [2.05, 4.69) is 18.3 Å². The van der Waals surface area contributed by atoms with Crippen LogP contribution in [0.5, 0.6) is 0 Å². The third-order valence-corrected chi connectivity index (χ3v) is 2.83. The Balaban J connectivity index is 2.04. The molecule has 2 atom stereocenters. The normalized spacial score (nSPS) is 28.3. The van der Waals surface area contributed by atoms with E-state index in [1.165, 1.54) is 25.7 Å². The van der Waals surface area contributed by atoms with Crippen LogP contribution < -0.4 is 5.32 Å². The molecule has 1 aliphatic rings. The quantitative estimate of drug-likeness (QED) is 0.675. The summed E-state index contributed by atoms with van der Waals surface area (Å²) < 4.78 is 0. The zero-order chi connectivity index (χ0) is 9.52. The predicted octanol–water partition coefficient (Wildman–Crippen LogP) is 2.46. The second kappa shape index (κ2) is 5.99. The maximum atomic E-state index is 8.37. The molecule has 0 heterocycles. The summed E-state index contributed by atoms with van der Waals surface area (Å²) in [5.41, 5.74) is 0. The van der Waals surface area contributed by atoms with E-state index in [0.29, 0.717) is 6.42 Å². The fraction of sp³-hybridized carbons (Fsp3) is 0.909. The van der Waals surface area contributed by atoms with E-state index in [1.807, 2.05) is 0 Å². The van der Waals surface area contributed by atoms with Gasteiger partial charge in [-0.15, -0.1) is 0 Å². The Morgan fingerprint density at radius 1 is 1.46 bits per heavy atom. The number of unbranched alkanes of at least 4 members (excludes halogenated alkanes) is 1. The monoisotopic (exact) mass is 180 g/mol. The van der Waals surface area contributed by atoms with Crippen molar-refractivity contribution < 1.29 is 0 Å². The first-order chi connectivity index (χ1) is 6.33. The van der Waals surface area contributed by atoms with Crippen molar-refractivity contribution in [1.82, 2.24) is 5.32 Å². The van der Waals surface area contributed by atoms with Gasteiger partial charge >= 0.3 is 0 Å². The first-order valence-corrected chi connectivity index (χ1v) is 5.43. The molecule has 0 radical (unpaired) electrons. The van der Waals surface area contributed by atoms with Crippen LogP contribution in [-0.4, -0.2) is 12.6 Å². The Kier molecular flexibility index (Phi) is 4.85. The summed E-state index contributed by atoms with van der Waals surface area (Å²) in [6.45, 7) is 3.36. The van der Waals surface area contributed by atoms with Crippen molar-refractivity contribution >= 4 is 0 Å². The van der Waals surface area contributed by atoms with Crippen LogP contribution in [0.3, 0.4) is 0 Å². The highest BCUT2D eigenvalue weighted by molar-refractivity contribution is 4.76. The van der Waals surface area contributed by atoms with Crippen molar-refractivity contribution in [2.45, 2.75) is 51.5 Å². The number of rotatable bonds is 4. The van der Waals surface area contributed by atoms with E-state index >= 15 is 0 Å². The number of hydrogen-bond acceptors (Lipinski definition) is 2. The lowest BCUT2D eigenvalue weighted by atomic mass is 9.87. The zero-order valence-electron chi connectivity index (χ0n) is 8.55. The molecule has 0 aromatic carbocycles. The molecule has 74 valence electrons. The summed E-state index contributed by atoms with van der Waals surface area (Å²) >= 11 is 0. The molecular weight excluding hydrogens is 160 g/mol. The molecule has 1 saturated carbocycles. The largest absolute Gasteiger partial charge is 0.314 e. The average molecular weight is 180 g/mol. The standard InChI is InChI=1S/C11H20N2/c1-10-5-4-6-11(9-10)13-8-3-2-7-12/h10-11,13H,2-6,8-9H2,1H3. The molecule has 0 bridgehead atoms. The van der Waals surface area contributed by atoms with Gasteiger partial charge < -0.3 is 5.32 Å². The van der Waals surface area contributed by atoms with Gasteiger partial charge in [-0.3, -0.25) is 0 Å². The third kappa shape index (κ3) is 4.28. The first-order valence-electron chi connectivity index (χ1n) is 5.43.